The lowest BCUT2D eigenvalue weighted by Gasteiger charge is -2.31. The second-order valence-corrected chi connectivity index (χ2v) is 7.34. The fourth-order valence-corrected chi connectivity index (χ4v) is 3.96. The fourth-order valence-electron chi connectivity index (χ4n) is 3.96. The van der Waals surface area contributed by atoms with Crippen molar-refractivity contribution in [3.63, 3.8) is 0 Å². The third kappa shape index (κ3) is 5.73. The van der Waals surface area contributed by atoms with Gasteiger partial charge in [0, 0.05) is 6.04 Å². The molecule has 0 aromatic rings. The Morgan fingerprint density at radius 1 is 1.00 bits per heavy atom. The predicted octanol–water partition coefficient (Wildman–Crippen LogP) is 4.06. The predicted molar refractivity (Wildman–Crippen MR) is 88.1 cm³/mol. The average molecular weight is 280 g/mol. The lowest BCUT2D eigenvalue weighted by molar-refractivity contribution is 0.188. The molecule has 0 aromatic carbocycles. The van der Waals surface area contributed by atoms with E-state index in [9.17, 15) is 0 Å². The van der Waals surface area contributed by atoms with Crippen LogP contribution in [0.1, 0.15) is 71.6 Å². The second kappa shape index (κ2) is 9.04. The molecule has 0 amide bonds. The molecule has 2 fully saturated rings. The second-order valence-electron chi connectivity index (χ2n) is 7.34. The number of piperidine rings is 1. The van der Waals surface area contributed by atoms with Gasteiger partial charge in [0.05, 0.1) is 0 Å². The Bertz CT molecular complexity index is 238. The number of likely N-dealkylation sites (tertiary alicyclic amines) is 1. The first-order valence-electron chi connectivity index (χ1n) is 9.23. The van der Waals surface area contributed by atoms with Crippen LogP contribution in [0.2, 0.25) is 0 Å². The molecule has 1 aliphatic carbocycles. The minimum atomic E-state index is 0.824. The van der Waals surface area contributed by atoms with Gasteiger partial charge in [0.2, 0.25) is 0 Å². The summed E-state index contributed by atoms with van der Waals surface area (Å²) in [6.07, 6.45) is 12.8. The Hall–Kier alpha value is -0.0800. The maximum Gasteiger partial charge on any atom is 0.00672 e. The van der Waals surface area contributed by atoms with Crippen LogP contribution >= 0.6 is 0 Å². The monoisotopic (exact) mass is 280 g/mol. The molecule has 2 heteroatoms. The Balaban J connectivity index is 1.47. The molecule has 0 radical (unpaired) electrons. The van der Waals surface area contributed by atoms with Crippen LogP contribution < -0.4 is 5.32 Å². The van der Waals surface area contributed by atoms with Crippen molar-refractivity contribution >= 4 is 0 Å². The highest BCUT2D eigenvalue weighted by molar-refractivity contribution is 4.77. The average Bonchev–Trinajstić information content (AvgIpc) is 2.47. The van der Waals surface area contributed by atoms with Crippen molar-refractivity contribution in [2.24, 2.45) is 11.8 Å². The minimum absolute atomic E-state index is 0.824. The Morgan fingerprint density at radius 2 is 1.70 bits per heavy atom. The van der Waals surface area contributed by atoms with Crippen LogP contribution in [0.25, 0.3) is 0 Å². The van der Waals surface area contributed by atoms with E-state index < -0.39 is 0 Å². The first-order chi connectivity index (χ1) is 9.78. The normalized spacial score (nSPS) is 29.7. The van der Waals surface area contributed by atoms with E-state index in [1.165, 1.54) is 84.0 Å². The van der Waals surface area contributed by atoms with Crippen LogP contribution in [0, 0.1) is 11.8 Å². The summed E-state index contributed by atoms with van der Waals surface area (Å²) < 4.78 is 0. The van der Waals surface area contributed by atoms with Gasteiger partial charge in [-0.1, -0.05) is 26.7 Å². The molecular formula is C18H36N2. The van der Waals surface area contributed by atoms with Crippen LogP contribution in [-0.4, -0.2) is 37.1 Å². The molecule has 1 heterocycles. The van der Waals surface area contributed by atoms with E-state index in [2.05, 4.69) is 24.1 Å². The molecule has 2 aliphatic rings. The minimum Gasteiger partial charge on any atom is -0.314 e. The number of nitrogens with one attached hydrogen (secondary N) is 1. The maximum absolute atomic E-state index is 3.81. The van der Waals surface area contributed by atoms with Gasteiger partial charge in [-0.25, -0.2) is 0 Å². The van der Waals surface area contributed by atoms with Gasteiger partial charge in [-0.05, 0) is 83.0 Å². The van der Waals surface area contributed by atoms with Crippen molar-refractivity contribution < 1.29 is 0 Å². The molecule has 1 saturated heterocycles. The van der Waals surface area contributed by atoms with Crippen LogP contribution in [0.15, 0.2) is 0 Å². The Morgan fingerprint density at radius 3 is 2.35 bits per heavy atom. The van der Waals surface area contributed by atoms with Gasteiger partial charge in [-0.2, -0.15) is 0 Å². The molecule has 1 saturated carbocycles. The summed E-state index contributed by atoms with van der Waals surface area (Å²) in [5, 5.41) is 3.81. The lowest BCUT2D eigenvalue weighted by Crippen LogP contribution is -2.37. The van der Waals surface area contributed by atoms with Crippen LogP contribution in [0.3, 0.4) is 0 Å². The molecular weight excluding hydrogens is 244 g/mol. The van der Waals surface area contributed by atoms with Gasteiger partial charge in [-0.15, -0.1) is 0 Å². The van der Waals surface area contributed by atoms with Crippen LogP contribution in [0.4, 0.5) is 0 Å². The van der Waals surface area contributed by atoms with Gasteiger partial charge in [0.1, 0.15) is 0 Å². The Labute approximate surface area is 126 Å². The molecule has 0 atom stereocenters. The maximum atomic E-state index is 3.81. The third-order valence-electron chi connectivity index (χ3n) is 5.50. The zero-order valence-corrected chi connectivity index (χ0v) is 13.9. The van der Waals surface area contributed by atoms with E-state index in [1.54, 1.807) is 0 Å². The van der Waals surface area contributed by atoms with Gasteiger partial charge in [0.25, 0.3) is 0 Å². The SMILES string of the molecule is CCCC1CCC(NCCCN2CCC(C)CC2)CC1. The number of hydrogen-bond donors (Lipinski definition) is 1. The van der Waals surface area contributed by atoms with Gasteiger partial charge >= 0.3 is 0 Å². The van der Waals surface area contributed by atoms with E-state index in [-0.39, 0.29) is 0 Å². The summed E-state index contributed by atoms with van der Waals surface area (Å²) in [5.41, 5.74) is 0. The highest BCUT2D eigenvalue weighted by Gasteiger charge is 2.20. The van der Waals surface area contributed by atoms with E-state index in [4.69, 9.17) is 0 Å². The molecule has 0 aromatic heterocycles. The van der Waals surface area contributed by atoms with Crippen molar-refractivity contribution in [2.75, 3.05) is 26.2 Å². The molecule has 0 bridgehead atoms. The van der Waals surface area contributed by atoms with Crippen molar-refractivity contribution in [3.05, 3.63) is 0 Å². The molecule has 2 nitrogen and oxygen atoms in total. The summed E-state index contributed by atoms with van der Waals surface area (Å²) in [4.78, 5) is 2.67. The standard InChI is InChI=1S/C18H36N2/c1-3-5-17-6-8-18(9-7-17)19-12-4-13-20-14-10-16(2)11-15-20/h16-19H,3-15H2,1-2H3. The highest BCUT2D eigenvalue weighted by Crippen LogP contribution is 2.27. The van der Waals surface area contributed by atoms with Crippen LogP contribution in [-0.2, 0) is 0 Å². The Kier molecular flexibility index (Phi) is 7.37. The van der Waals surface area contributed by atoms with Gasteiger partial charge in [-0.3, -0.25) is 0 Å². The summed E-state index contributed by atoms with van der Waals surface area (Å²) in [6.45, 7) is 9.94. The fraction of sp³-hybridized carbons (Fsp3) is 1.00. The topological polar surface area (TPSA) is 15.3 Å². The molecule has 0 spiro atoms. The zero-order chi connectivity index (χ0) is 14.2. The molecule has 118 valence electrons. The van der Waals surface area contributed by atoms with Gasteiger partial charge < -0.3 is 10.2 Å². The third-order valence-corrected chi connectivity index (χ3v) is 5.50. The summed E-state index contributed by atoms with van der Waals surface area (Å²) in [7, 11) is 0. The van der Waals surface area contributed by atoms with E-state index in [1.807, 2.05) is 0 Å². The van der Waals surface area contributed by atoms with E-state index >= 15 is 0 Å². The molecule has 0 unspecified atom stereocenters. The lowest BCUT2D eigenvalue weighted by atomic mass is 9.83. The van der Waals surface area contributed by atoms with Crippen molar-refractivity contribution in [1.29, 1.82) is 0 Å². The van der Waals surface area contributed by atoms with E-state index in [0.717, 1.165) is 17.9 Å². The van der Waals surface area contributed by atoms with Gasteiger partial charge in [0.15, 0.2) is 0 Å². The summed E-state index contributed by atoms with van der Waals surface area (Å²) >= 11 is 0. The first kappa shape index (κ1) is 16.3. The number of hydrogen-bond acceptors (Lipinski definition) is 2. The number of nitrogens with zero attached hydrogens (tertiary/aromatic N) is 1. The van der Waals surface area contributed by atoms with E-state index in [0.29, 0.717) is 0 Å². The molecule has 20 heavy (non-hydrogen) atoms. The smallest absolute Gasteiger partial charge is 0.00672 e. The van der Waals surface area contributed by atoms with Crippen molar-refractivity contribution in [2.45, 2.75) is 77.7 Å². The highest BCUT2D eigenvalue weighted by atomic mass is 15.1. The molecule has 1 aliphatic heterocycles. The molecule has 1 N–H and O–H groups in total. The summed E-state index contributed by atoms with van der Waals surface area (Å²) in [5.74, 6) is 2.00. The molecule has 2 rings (SSSR count). The van der Waals surface area contributed by atoms with Crippen molar-refractivity contribution in [1.82, 2.24) is 10.2 Å². The van der Waals surface area contributed by atoms with Crippen LogP contribution in [0.5, 0.6) is 0 Å². The first-order valence-corrected chi connectivity index (χ1v) is 9.23. The summed E-state index contributed by atoms with van der Waals surface area (Å²) in [6, 6.07) is 0.824. The number of rotatable bonds is 7. The quantitative estimate of drug-likeness (QED) is 0.708. The van der Waals surface area contributed by atoms with Crippen molar-refractivity contribution in [3.8, 4) is 0 Å². The zero-order valence-electron chi connectivity index (χ0n) is 13.9. The largest absolute Gasteiger partial charge is 0.314 e.